The van der Waals surface area contributed by atoms with Crippen molar-refractivity contribution in [2.75, 3.05) is 18.5 Å². The summed E-state index contributed by atoms with van der Waals surface area (Å²) in [4.78, 5) is 0.0553. The molecule has 5 nitrogen and oxygen atoms in total. The van der Waals surface area contributed by atoms with Gasteiger partial charge in [-0.25, -0.2) is 12.8 Å². The second-order valence-corrected chi connectivity index (χ2v) is 8.78. The predicted molar refractivity (Wildman–Crippen MR) is 116 cm³/mol. The van der Waals surface area contributed by atoms with Crippen LogP contribution in [-0.2, 0) is 16.6 Å². The number of methoxy groups -OCH3 is 2. The number of hydrogen-bond acceptors (Lipinski definition) is 4. The molecule has 0 aliphatic heterocycles. The quantitative estimate of drug-likeness (QED) is 0.497. The van der Waals surface area contributed by atoms with Gasteiger partial charge in [0, 0.05) is 5.02 Å². The smallest absolute Gasteiger partial charge is 0.264 e. The van der Waals surface area contributed by atoms with Crippen molar-refractivity contribution in [2.24, 2.45) is 0 Å². The van der Waals surface area contributed by atoms with E-state index < -0.39 is 15.8 Å². The summed E-state index contributed by atoms with van der Waals surface area (Å²) < 4.78 is 52.8. The van der Waals surface area contributed by atoms with Crippen LogP contribution in [0, 0.1) is 12.7 Å². The summed E-state index contributed by atoms with van der Waals surface area (Å²) in [6, 6.07) is 15.2. The molecule has 0 heterocycles. The Morgan fingerprint density at radius 1 is 0.967 bits per heavy atom. The van der Waals surface area contributed by atoms with Gasteiger partial charge in [-0.3, -0.25) is 4.31 Å². The molecule has 0 bridgehead atoms. The van der Waals surface area contributed by atoms with Crippen molar-refractivity contribution >= 4 is 27.3 Å². The molecule has 0 aromatic heterocycles. The van der Waals surface area contributed by atoms with Crippen molar-refractivity contribution in [3.63, 3.8) is 0 Å². The van der Waals surface area contributed by atoms with Gasteiger partial charge in [-0.15, -0.1) is 0 Å². The van der Waals surface area contributed by atoms with Gasteiger partial charge in [-0.05, 0) is 60.5 Å². The standard InChI is InChI=1S/C22H21ClFNO4S/c1-15-19(23)8-5-9-22(15)30(26,27)25(18-7-4-6-17(24)13-18)14-16-10-11-20(28-2)21(12-16)29-3/h4-13H,14H2,1-3H3. The van der Waals surface area contributed by atoms with Crippen molar-refractivity contribution in [1.29, 1.82) is 0 Å². The number of sulfonamides is 1. The molecule has 0 atom stereocenters. The lowest BCUT2D eigenvalue weighted by Crippen LogP contribution is -2.31. The van der Waals surface area contributed by atoms with Crippen LogP contribution >= 0.6 is 11.6 Å². The third kappa shape index (κ3) is 4.37. The second-order valence-electron chi connectivity index (χ2n) is 6.54. The Morgan fingerprint density at radius 3 is 2.33 bits per heavy atom. The zero-order valence-electron chi connectivity index (χ0n) is 16.7. The number of rotatable bonds is 7. The molecule has 3 aromatic carbocycles. The van der Waals surface area contributed by atoms with Gasteiger partial charge in [0.15, 0.2) is 11.5 Å². The van der Waals surface area contributed by atoms with Crippen LogP contribution in [0.3, 0.4) is 0 Å². The first-order valence-corrected chi connectivity index (χ1v) is 10.8. The Hall–Kier alpha value is -2.77. The molecule has 0 saturated heterocycles. The highest BCUT2D eigenvalue weighted by Crippen LogP contribution is 2.33. The lowest BCUT2D eigenvalue weighted by atomic mass is 10.2. The number of ether oxygens (including phenoxy) is 2. The van der Waals surface area contributed by atoms with Gasteiger partial charge >= 0.3 is 0 Å². The first-order valence-electron chi connectivity index (χ1n) is 9.02. The Bertz CT molecular complexity index is 1170. The van der Waals surface area contributed by atoms with Crippen LogP contribution in [0.15, 0.2) is 65.6 Å². The highest BCUT2D eigenvalue weighted by molar-refractivity contribution is 7.92. The number of benzene rings is 3. The van der Waals surface area contributed by atoms with Crippen molar-refractivity contribution in [2.45, 2.75) is 18.4 Å². The molecule has 0 amide bonds. The molecule has 3 rings (SSSR count). The van der Waals surface area contributed by atoms with E-state index in [4.69, 9.17) is 21.1 Å². The molecule has 0 spiro atoms. The summed E-state index contributed by atoms with van der Waals surface area (Å²) in [5.74, 6) is 0.445. The average Bonchev–Trinajstić information content (AvgIpc) is 2.73. The highest BCUT2D eigenvalue weighted by atomic mass is 35.5. The molecule has 0 aliphatic carbocycles. The monoisotopic (exact) mass is 449 g/mol. The fraction of sp³-hybridized carbons (Fsp3) is 0.182. The second kappa shape index (κ2) is 8.93. The van der Waals surface area contributed by atoms with Crippen molar-refractivity contribution in [3.05, 3.63) is 82.6 Å². The van der Waals surface area contributed by atoms with Crippen LogP contribution in [0.4, 0.5) is 10.1 Å². The molecule has 0 unspecified atom stereocenters. The topological polar surface area (TPSA) is 55.8 Å². The van der Waals surface area contributed by atoms with Crippen LogP contribution in [0.1, 0.15) is 11.1 Å². The molecule has 3 aromatic rings. The minimum Gasteiger partial charge on any atom is -0.493 e. The van der Waals surface area contributed by atoms with E-state index in [0.29, 0.717) is 27.6 Å². The summed E-state index contributed by atoms with van der Waals surface area (Å²) in [7, 11) is -1.03. The first-order chi connectivity index (χ1) is 14.3. The van der Waals surface area contributed by atoms with E-state index in [0.717, 1.165) is 4.31 Å². The fourth-order valence-electron chi connectivity index (χ4n) is 3.08. The van der Waals surface area contributed by atoms with Gasteiger partial charge in [-0.1, -0.05) is 29.8 Å². The Balaban J connectivity index is 2.13. The van der Waals surface area contributed by atoms with Crippen LogP contribution in [0.25, 0.3) is 0 Å². The van der Waals surface area contributed by atoms with Gasteiger partial charge in [0.1, 0.15) is 5.82 Å². The van der Waals surface area contributed by atoms with Gasteiger partial charge in [0.2, 0.25) is 0 Å². The van der Waals surface area contributed by atoms with E-state index in [1.54, 1.807) is 43.3 Å². The minimum absolute atomic E-state index is 0.0436. The first kappa shape index (κ1) is 21.9. The SMILES string of the molecule is COc1ccc(CN(c2cccc(F)c2)S(=O)(=O)c2cccc(Cl)c2C)cc1OC. The molecule has 30 heavy (non-hydrogen) atoms. The maximum atomic E-state index is 13.9. The predicted octanol–water partition coefficient (Wildman–Crippen LogP) is 5.20. The zero-order chi connectivity index (χ0) is 21.9. The maximum Gasteiger partial charge on any atom is 0.264 e. The van der Waals surface area contributed by atoms with Crippen LogP contribution in [0.5, 0.6) is 11.5 Å². The lowest BCUT2D eigenvalue weighted by molar-refractivity contribution is 0.354. The van der Waals surface area contributed by atoms with Gasteiger partial charge in [0.25, 0.3) is 10.0 Å². The summed E-state index contributed by atoms with van der Waals surface area (Å²) in [5, 5.41) is 0.335. The van der Waals surface area contributed by atoms with Crippen LogP contribution in [0.2, 0.25) is 5.02 Å². The number of hydrogen-bond donors (Lipinski definition) is 0. The third-order valence-electron chi connectivity index (χ3n) is 4.66. The average molecular weight is 450 g/mol. The Morgan fingerprint density at radius 2 is 1.67 bits per heavy atom. The van der Waals surface area contributed by atoms with Crippen LogP contribution in [-0.4, -0.2) is 22.6 Å². The van der Waals surface area contributed by atoms with E-state index in [1.165, 1.54) is 38.5 Å². The third-order valence-corrected chi connectivity index (χ3v) is 6.98. The molecule has 0 radical (unpaired) electrons. The molecule has 8 heteroatoms. The molecule has 0 saturated carbocycles. The number of halogens is 2. The van der Waals surface area contributed by atoms with Crippen molar-refractivity contribution < 1.29 is 22.3 Å². The normalized spacial score (nSPS) is 11.2. The summed E-state index contributed by atoms with van der Waals surface area (Å²) >= 11 is 6.16. The summed E-state index contributed by atoms with van der Waals surface area (Å²) in [5.41, 5.74) is 1.26. The lowest BCUT2D eigenvalue weighted by Gasteiger charge is -2.26. The maximum absolute atomic E-state index is 13.9. The Kier molecular flexibility index (Phi) is 6.53. The largest absolute Gasteiger partial charge is 0.493 e. The van der Waals surface area contributed by atoms with Crippen molar-refractivity contribution in [3.8, 4) is 11.5 Å². The molecular weight excluding hydrogens is 429 g/mol. The van der Waals surface area contributed by atoms with E-state index in [2.05, 4.69) is 0 Å². The Labute approximate surface area is 180 Å². The molecule has 0 fully saturated rings. The van der Waals surface area contributed by atoms with Gasteiger partial charge < -0.3 is 9.47 Å². The highest BCUT2D eigenvalue weighted by Gasteiger charge is 2.28. The molecule has 158 valence electrons. The zero-order valence-corrected chi connectivity index (χ0v) is 18.3. The molecule has 0 aliphatic rings. The van der Waals surface area contributed by atoms with Gasteiger partial charge in [0.05, 0.1) is 31.3 Å². The number of nitrogens with zero attached hydrogens (tertiary/aromatic N) is 1. The number of anilines is 1. The van der Waals surface area contributed by atoms with Crippen LogP contribution < -0.4 is 13.8 Å². The minimum atomic E-state index is -4.05. The van der Waals surface area contributed by atoms with Gasteiger partial charge in [-0.2, -0.15) is 0 Å². The van der Waals surface area contributed by atoms with E-state index in [-0.39, 0.29) is 17.1 Å². The molecule has 0 N–H and O–H groups in total. The fourth-order valence-corrected chi connectivity index (χ4v) is 5.00. The van der Waals surface area contributed by atoms with E-state index in [9.17, 15) is 12.8 Å². The van der Waals surface area contributed by atoms with E-state index in [1.807, 2.05) is 0 Å². The van der Waals surface area contributed by atoms with Crippen molar-refractivity contribution in [1.82, 2.24) is 0 Å². The molecular formula is C22H21ClFNO4S. The van der Waals surface area contributed by atoms with E-state index >= 15 is 0 Å². The summed E-state index contributed by atoms with van der Waals surface area (Å²) in [6.45, 7) is 1.59. The summed E-state index contributed by atoms with van der Waals surface area (Å²) in [6.07, 6.45) is 0.